The van der Waals surface area contributed by atoms with Crippen molar-refractivity contribution in [3.63, 3.8) is 0 Å². The fourth-order valence-electron chi connectivity index (χ4n) is 6.87. The Morgan fingerprint density at radius 1 is 0.976 bits per heavy atom. The van der Waals surface area contributed by atoms with Gasteiger partial charge in [0.15, 0.2) is 0 Å². The molecule has 0 spiro atoms. The molecule has 0 aliphatic carbocycles. The van der Waals surface area contributed by atoms with Crippen molar-refractivity contribution in [2.45, 2.75) is 50.7 Å². The number of carbonyl (C=O) groups is 2. The number of fused-ring (bicyclic) bond motifs is 3. The van der Waals surface area contributed by atoms with E-state index in [1.165, 1.54) is 16.7 Å². The molecule has 3 aliphatic rings. The Balaban J connectivity index is 1.53. The van der Waals surface area contributed by atoms with Crippen LogP contribution in [0.3, 0.4) is 0 Å². The van der Waals surface area contributed by atoms with E-state index in [1.54, 1.807) is 7.11 Å². The molecule has 7 nitrogen and oxygen atoms in total. The first-order valence-corrected chi connectivity index (χ1v) is 14.6. The third kappa shape index (κ3) is 6.31. The lowest BCUT2D eigenvalue weighted by molar-refractivity contribution is -0.141. The summed E-state index contributed by atoms with van der Waals surface area (Å²) in [6.07, 6.45) is 0.874. The number of benzene rings is 3. The zero-order valence-corrected chi connectivity index (χ0v) is 24.1. The number of amides is 1. The molecule has 2 bridgehead atoms. The summed E-state index contributed by atoms with van der Waals surface area (Å²) in [7, 11) is 1.70. The van der Waals surface area contributed by atoms with E-state index < -0.39 is 5.97 Å². The van der Waals surface area contributed by atoms with Crippen molar-refractivity contribution in [3.05, 3.63) is 101 Å². The largest absolute Gasteiger partial charge is 0.496 e. The molecule has 3 aromatic carbocycles. The molecule has 0 radical (unpaired) electrons. The molecule has 3 N–H and O–H groups in total. The lowest BCUT2D eigenvalue weighted by Gasteiger charge is -2.56. The van der Waals surface area contributed by atoms with Gasteiger partial charge in [-0.2, -0.15) is 0 Å². The number of piperidine rings is 3. The zero-order chi connectivity index (χ0) is 28.9. The van der Waals surface area contributed by atoms with Crippen LogP contribution in [0.1, 0.15) is 54.4 Å². The average molecular weight is 556 g/mol. The van der Waals surface area contributed by atoms with Crippen molar-refractivity contribution in [3.8, 4) is 5.75 Å². The van der Waals surface area contributed by atoms with Crippen LogP contribution in [0.4, 0.5) is 0 Å². The molecule has 0 saturated carbocycles. The number of ether oxygens (including phenoxy) is 1. The second-order valence-electron chi connectivity index (χ2n) is 11.6. The van der Waals surface area contributed by atoms with Crippen LogP contribution in [0, 0.1) is 11.8 Å². The number of carboxylic acids is 1. The topological polar surface area (TPSA) is 90.9 Å². The minimum absolute atomic E-state index is 0.00379. The zero-order valence-electron chi connectivity index (χ0n) is 24.1. The third-order valence-corrected chi connectivity index (χ3v) is 8.86. The van der Waals surface area contributed by atoms with Crippen LogP contribution in [0.25, 0.3) is 0 Å². The summed E-state index contributed by atoms with van der Waals surface area (Å²) in [6.45, 7) is 6.13. The minimum Gasteiger partial charge on any atom is -0.496 e. The highest BCUT2D eigenvalue weighted by Gasteiger charge is 2.52. The predicted molar refractivity (Wildman–Crippen MR) is 160 cm³/mol. The molecule has 3 saturated heterocycles. The van der Waals surface area contributed by atoms with Gasteiger partial charge in [0.05, 0.1) is 13.0 Å². The number of hydrogen-bond acceptors (Lipinski definition) is 5. The van der Waals surface area contributed by atoms with E-state index in [1.807, 2.05) is 18.2 Å². The van der Waals surface area contributed by atoms with Crippen LogP contribution in [0.15, 0.2) is 78.9 Å². The van der Waals surface area contributed by atoms with Crippen molar-refractivity contribution in [1.29, 1.82) is 0 Å². The number of carboxylic acid groups (broad SMARTS) is 1. The summed E-state index contributed by atoms with van der Waals surface area (Å²) < 4.78 is 5.74. The van der Waals surface area contributed by atoms with Gasteiger partial charge >= 0.3 is 5.97 Å². The van der Waals surface area contributed by atoms with Gasteiger partial charge in [-0.05, 0) is 47.6 Å². The Bertz CT molecular complexity index is 1290. The van der Waals surface area contributed by atoms with E-state index in [4.69, 9.17) is 4.74 Å². The van der Waals surface area contributed by atoms with Crippen molar-refractivity contribution in [2.24, 2.45) is 11.8 Å². The van der Waals surface area contributed by atoms with E-state index >= 15 is 0 Å². The Morgan fingerprint density at radius 3 is 2.22 bits per heavy atom. The van der Waals surface area contributed by atoms with Crippen LogP contribution >= 0.6 is 0 Å². The summed E-state index contributed by atoms with van der Waals surface area (Å²) in [5, 5.41) is 15.8. The van der Waals surface area contributed by atoms with E-state index in [0.717, 1.165) is 24.3 Å². The fraction of sp³-hybridized carbons (Fsp3) is 0.412. The third-order valence-electron chi connectivity index (χ3n) is 8.86. The Hall–Kier alpha value is -3.68. The highest BCUT2D eigenvalue weighted by molar-refractivity contribution is 5.83. The maximum absolute atomic E-state index is 13.3. The Labute approximate surface area is 242 Å². The van der Waals surface area contributed by atoms with Gasteiger partial charge in [0.1, 0.15) is 12.3 Å². The van der Waals surface area contributed by atoms with E-state index in [2.05, 4.69) is 90.0 Å². The quantitative estimate of drug-likeness (QED) is 0.320. The van der Waals surface area contributed by atoms with Gasteiger partial charge in [0, 0.05) is 36.7 Å². The van der Waals surface area contributed by atoms with Crippen LogP contribution in [-0.2, 0) is 16.1 Å². The number of hydrogen-bond donors (Lipinski definition) is 3. The van der Waals surface area contributed by atoms with Gasteiger partial charge in [-0.1, -0.05) is 86.6 Å². The van der Waals surface area contributed by atoms with Crippen molar-refractivity contribution >= 4 is 11.9 Å². The molecular formula is C34H41N3O4. The normalized spacial score (nSPS) is 23.5. The molecular weight excluding hydrogens is 514 g/mol. The van der Waals surface area contributed by atoms with Gasteiger partial charge in [-0.25, -0.2) is 0 Å². The van der Waals surface area contributed by atoms with Gasteiger partial charge < -0.3 is 20.5 Å². The number of methoxy groups -OCH3 is 1. The monoisotopic (exact) mass is 555 g/mol. The van der Waals surface area contributed by atoms with Crippen molar-refractivity contribution < 1.29 is 19.4 Å². The van der Waals surface area contributed by atoms with Crippen LogP contribution in [0.2, 0.25) is 0 Å². The molecule has 3 aromatic rings. The number of carbonyl (C=O) groups excluding carboxylic acids is 1. The summed E-state index contributed by atoms with van der Waals surface area (Å²) >= 11 is 0. The minimum atomic E-state index is -1.03. The van der Waals surface area contributed by atoms with Crippen LogP contribution < -0.4 is 15.4 Å². The lowest BCUT2D eigenvalue weighted by atomic mass is 9.66. The maximum Gasteiger partial charge on any atom is 0.322 e. The Kier molecular flexibility index (Phi) is 9.06. The first-order valence-electron chi connectivity index (χ1n) is 14.6. The van der Waals surface area contributed by atoms with Crippen molar-refractivity contribution in [2.75, 3.05) is 26.7 Å². The molecule has 41 heavy (non-hydrogen) atoms. The summed E-state index contributed by atoms with van der Waals surface area (Å²) in [6, 6.07) is 27.7. The number of nitrogens with one attached hydrogen (secondary N) is 2. The van der Waals surface area contributed by atoms with Gasteiger partial charge in [-0.3, -0.25) is 14.5 Å². The Morgan fingerprint density at radius 2 is 1.63 bits per heavy atom. The summed E-state index contributed by atoms with van der Waals surface area (Å²) in [5.41, 5.74) is 4.84. The molecule has 3 fully saturated rings. The molecule has 6 rings (SSSR count). The fourth-order valence-corrected chi connectivity index (χ4v) is 6.87. The number of rotatable bonds is 11. The molecule has 1 amide bonds. The SMILES string of the molecule is COc1ccc(C(C)C)cc1CNC1C2CCN(CC2C(=O)NCC(=O)O)C1C(c1ccccc1)c1ccccc1. The van der Waals surface area contributed by atoms with E-state index in [9.17, 15) is 14.7 Å². The second kappa shape index (κ2) is 12.9. The maximum atomic E-state index is 13.3. The van der Waals surface area contributed by atoms with Crippen LogP contribution in [0.5, 0.6) is 5.75 Å². The number of aliphatic carboxylic acids is 1. The standard InChI is InChI=1S/C34H41N3O4/c1-22(2)25-14-15-29(41-3)26(18-25)19-35-32-27-16-17-37(21-28(27)34(40)36-20-30(38)39)33(32)31(23-10-6-4-7-11-23)24-12-8-5-9-13-24/h4-15,18,22,27-28,31-33,35H,16-17,19-21H2,1-3H3,(H,36,40)(H,38,39). The molecule has 3 heterocycles. The second-order valence-corrected chi connectivity index (χ2v) is 11.6. The van der Waals surface area contributed by atoms with Gasteiger partial charge in [0.2, 0.25) is 5.91 Å². The van der Waals surface area contributed by atoms with E-state index in [-0.39, 0.29) is 42.3 Å². The summed E-state index contributed by atoms with van der Waals surface area (Å²) in [5.74, 6) is -0.0870. The molecule has 0 aromatic heterocycles. The highest BCUT2D eigenvalue weighted by Crippen LogP contribution is 2.44. The highest BCUT2D eigenvalue weighted by atomic mass is 16.5. The first-order chi connectivity index (χ1) is 19.9. The van der Waals surface area contributed by atoms with Crippen LogP contribution in [-0.4, -0.2) is 60.7 Å². The first kappa shape index (κ1) is 28.8. The molecule has 216 valence electrons. The molecule has 7 heteroatoms. The number of nitrogens with zero attached hydrogens (tertiary/aromatic N) is 1. The van der Waals surface area contributed by atoms with Crippen molar-refractivity contribution in [1.82, 2.24) is 15.5 Å². The smallest absolute Gasteiger partial charge is 0.322 e. The molecule has 3 aliphatic heterocycles. The van der Waals surface area contributed by atoms with Gasteiger partial charge in [0.25, 0.3) is 0 Å². The molecule has 5 unspecified atom stereocenters. The average Bonchev–Trinajstić information content (AvgIpc) is 3.00. The van der Waals surface area contributed by atoms with Gasteiger partial charge in [-0.15, -0.1) is 0 Å². The lowest BCUT2D eigenvalue weighted by Crippen LogP contribution is -2.69. The molecule has 5 atom stereocenters. The predicted octanol–water partition coefficient (Wildman–Crippen LogP) is 4.63. The van der Waals surface area contributed by atoms with E-state index in [0.29, 0.717) is 19.0 Å². The summed E-state index contributed by atoms with van der Waals surface area (Å²) in [4.78, 5) is 27.0.